The molecule has 3 rings (SSSR count). The molecule has 1 aromatic heterocycles. The van der Waals surface area contributed by atoms with Gasteiger partial charge in [0.25, 0.3) is 0 Å². The van der Waals surface area contributed by atoms with Crippen molar-refractivity contribution in [2.75, 3.05) is 11.4 Å². The highest BCUT2D eigenvalue weighted by atomic mass is 16.2. The van der Waals surface area contributed by atoms with Gasteiger partial charge in [-0.15, -0.1) is 0 Å². The van der Waals surface area contributed by atoms with E-state index in [0.29, 0.717) is 6.42 Å². The summed E-state index contributed by atoms with van der Waals surface area (Å²) in [4.78, 5) is 18.3. The van der Waals surface area contributed by atoms with Crippen molar-refractivity contribution in [1.29, 1.82) is 0 Å². The summed E-state index contributed by atoms with van der Waals surface area (Å²) in [6, 6.07) is 12.1. The third-order valence-corrected chi connectivity index (χ3v) is 3.54. The van der Waals surface area contributed by atoms with E-state index in [1.54, 1.807) is 6.20 Å². The van der Waals surface area contributed by atoms with Gasteiger partial charge in [0.1, 0.15) is 0 Å². The molecule has 0 bridgehead atoms. The van der Waals surface area contributed by atoms with Gasteiger partial charge in [0, 0.05) is 31.0 Å². The van der Waals surface area contributed by atoms with E-state index in [9.17, 15) is 4.79 Å². The quantitative estimate of drug-likeness (QED) is 0.841. The summed E-state index contributed by atoms with van der Waals surface area (Å²) in [6.45, 7) is 0.811. The summed E-state index contributed by atoms with van der Waals surface area (Å²) >= 11 is 0. The Labute approximate surface area is 112 Å². The normalized spacial score (nSPS) is 13.4. The van der Waals surface area contributed by atoms with Crippen LogP contribution < -0.4 is 4.90 Å². The Morgan fingerprint density at radius 3 is 2.95 bits per heavy atom. The number of nitrogens with zero attached hydrogens (tertiary/aromatic N) is 2. The smallest absolute Gasteiger partial charge is 0.227 e. The predicted molar refractivity (Wildman–Crippen MR) is 75.1 cm³/mol. The molecule has 0 N–H and O–H groups in total. The van der Waals surface area contributed by atoms with Crippen molar-refractivity contribution in [2.45, 2.75) is 19.3 Å². The van der Waals surface area contributed by atoms with Gasteiger partial charge in [0.05, 0.1) is 0 Å². The zero-order valence-corrected chi connectivity index (χ0v) is 10.7. The monoisotopic (exact) mass is 252 g/mol. The van der Waals surface area contributed by atoms with Crippen LogP contribution in [0.15, 0.2) is 48.8 Å². The Bertz CT molecular complexity index is 580. The van der Waals surface area contributed by atoms with Crippen molar-refractivity contribution in [3.05, 3.63) is 59.9 Å². The fraction of sp³-hybridized carbons (Fsp3) is 0.250. The maximum atomic E-state index is 12.3. The van der Waals surface area contributed by atoms with E-state index < -0.39 is 0 Å². The number of benzene rings is 1. The van der Waals surface area contributed by atoms with Crippen LogP contribution in [0.3, 0.4) is 0 Å². The molecule has 0 fully saturated rings. The summed E-state index contributed by atoms with van der Waals surface area (Å²) in [7, 11) is 0. The molecular weight excluding hydrogens is 236 g/mol. The molecule has 2 heterocycles. The molecule has 0 radical (unpaired) electrons. The van der Waals surface area contributed by atoms with E-state index in [4.69, 9.17) is 0 Å². The lowest BCUT2D eigenvalue weighted by Gasteiger charge is -2.17. The van der Waals surface area contributed by atoms with Crippen LogP contribution in [0.25, 0.3) is 0 Å². The zero-order chi connectivity index (χ0) is 13.1. The van der Waals surface area contributed by atoms with Gasteiger partial charge in [0.2, 0.25) is 5.91 Å². The first-order valence-corrected chi connectivity index (χ1v) is 6.62. The second-order valence-corrected chi connectivity index (χ2v) is 4.79. The SMILES string of the molecule is O=C(CCc1cccnc1)N1CCc2ccccc21. The van der Waals surface area contributed by atoms with E-state index in [-0.39, 0.29) is 5.91 Å². The molecule has 1 amide bonds. The molecule has 1 aliphatic rings. The Hall–Kier alpha value is -2.16. The largest absolute Gasteiger partial charge is 0.312 e. The maximum absolute atomic E-state index is 12.3. The molecule has 0 atom stereocenters. The van der Waals surface area contributed by atoms with Crippen molar-refractivity contribution in [3.8, 4) is 0 Å². The van der Waals surface area contributed by atoms with Crippen molar-refractivity contribution < 1.29 is 4.79 Å². The second-order valence-electron chi connectivity index (χ2n) is 4.79. The molecule has 19 heavy (non-hydrogen) atoms. The first kappa shape index (κ1) is 11.9. The fourth-order valence-electron chi connectivity index (χ4n) is 2.53. The van der Waals surface area contributed by atoms with E-state index in [0.717, 1.165) is 30.6 Å². The molecule has 0 spiro atoms. The molecule has 3 nitrogen and oxygen atoms in total. The number of para-hydroxylation sites is 1. The van der Waals surface area contributed by atoms with Crippen LogP contribution in [0.1, 0.15) is 17.5 Å². The van der Waals surface area contributed by atoms with Crippen LogP contribution in [0.5, 0.6) is 0 Å². The van der Waals surface area contributed by atoms with Crippen molar-refractivity contribution in [3.63, 3.8) is 0 Å². The number of anilines is 1. The van der Waals surface area contributed by atoms with E-state index in [1.165, 1.54) is 5.56 Å². The van der Waals surface area contributed by atoms with Gasteiger partial charge in [-0.2, -0.15) is 0 Å². The average Bonchev–Trinajstić information content (AvgIpc) is 2.90. The summed E-state index contributed by atoms with van der Waals surface area (Å²) in [6.07, 6.45) is 5.84. The summed E-state index contributed by atoms with van der Waals surface area (Å²) < 4.78 is 0. The van der Waals surface area contributed by atoms with E-state index in [2.05, 4.69) is 11.1 Å². The molecule has 1 aliphatic heterocycles. The Kier molecular flexibility index (Phi) is 3.27. The van der Waals surface area contributed by atoms with Crippen LogP contribution in [0.2, 0.25) is 0 Å². The molecule has 96 valence electrons. The molecule has 2 aromatic rings. The van der Waals surface area contributed by atoms with Gasteiger partial charge in [0.15, 0.2) is 0 Å². The standard InChI is InChI=1S/C16H16N2O/c19-16(8-7-13-4-3-10-17-12-13)18-11-9-14-5-1-2-6-15(14)18/h1-6,10,12H,7-9,11H2. The number of amides is 1. The second kappa shape index (κ2) is 5.22. The Morgan fingerprint density at radius 2 is 2.11 bits per heavy atom. The van der Waals surface area contributed by atoms with Gasteiger partial charge in [-0.25, -0.2) is 0 Å². The third-order valence-electron chi connectivity index (χ3n) is 3.54. The number of rotatable bonds is 3. The minimum absolute atomic E-state index is 0.203. The predicted octanol–water partition coefficient (Wildman–Crippen LogP) is 2.60. The summed E-state index contributed by atoms with van der Waals surface area (Å²) in [5.74, 6) is 0.203. The lowest BCUT2D eigenvalue weighted by atomic mass is 10.1. The molecule has 0 aliphatic carbocycles. The van der Waals surface area contributed by atoms with E-state index in [1.807, 2.05) is 41.4 Å². The van der Waals surface area contributed by atoms with Crippen LogP contribution in [-0.2, 0) is 17.6 Å². The number of fused-ring (bicyclic) bond motifs is 1. The number of carbonyl (C=O) groups is 1. The average molecular weight is 252 g/mol. The highest BCUT2D eigenvalue weighted by Gasteiger charge is 2.23. The topological polar surface area (TPSA) is 33.2 Å². The first-order valence-electron chi connectivity index (χ1n) is 6.62. The van der Waals surface area contributed by atoms with Crippen molar-refractivity contribution >= 4 is 11.6 Å². The minimum atomic E-state index is 0.203. The summed E-state index contributed by atoms with van der Waals surface area (Å²) in [5.41, 5.74) is 3.47. The molecular formula is C16H16N2O. The Morgan fingerprint density at radius 1 is 1.21 bits per heavy atom. The number of hydrogen-bond acceptors (Lipinski definition) is 2. The third kappa shape index (κ3) is 2.50. The highest BCUT2D eigenvalue weighted by molar-refractivity contribution is 5.95. The number of aryl methyl sites for hydroxylation is 1. The molecule has 0 saturated heterocycles. The number of carbonyl (C=O) groups excluding carboxylic acids is 1. The summed E-state index contributed by atoms with van der Waals surface area (Å²) in [5, 5.41) is 0. The van der Waals surface area contributed by atoms with Gasteiger partial charge in [-0.1, -0.05) is 24.3 Å². The fourth-order valence-corrected chi connectivity index (χ4v) is 2.53. The lowest BCUT2D eigenvalue weighted by molar-refractivity contribution is -0.118. The first-order chi connectivity index (χ1) is 9.34. The van der Waals surface area contributed by atoms with Gasteiger partial charge in [-0.3, -0.25) is 9.78 Å². The molecule has 3 heteroatoms. The number of aromatic nitrogens is 1. The molecule has 0 unspecified atom stereocenters. The van der Waals surface area contributed by atoms with Crippen LogP contribution in [0.4, 0.5) is 5.69 Å². The molecule has 0 saturated carbocycles. The number of hydrogen-bond donors (Lipinski definition) is 0. The van der Waals surface area contributed by atoms with Crippen LogP contribution in [-0.4, -0.2) is 17.4 Å². The minimum Gasteiger partial charge on any atom is -0.312 e. The highest BCUT2D eigenvalue weighted by Crippen LogP contribution is 2.28. The number of pyridine rings is 1. The molecule has 1 aromatic carbocycles. The van der Waals surface area contributed by atoms with Crippen LogP contribution >= 0.6 is 0 Å². The Balaban J connectivity index is 1.66. The van der Waals surface area contributed by atoms with Gasteiger partial charge >= 0.3 is 0 Å². The van der Waals surface area contributed by atoms with Crippen molar-refractivity contribution in [2.24, 2.45) is 0 Å². The van der Waals surface area contributed by atoms with Crippen LogP contribution in [0, 0.1) is 0 Å². The van der Waals surface area contributed by atoms with Gasteiger partial charge in [-0.05, 0) is 36.1 Å². The zero-order valence-electron chi connectivity index (χ0n) is 10.7. The van der Waals surface area contributed by atoms with Gasteiger partial charge < -0.3 is 4.90 Å². The van der Waals surface area contributed by atoms with Crippen molar-refractivity contribution in [1.82, 2.24) is 4.98 Å². The maximum Gasteiger partial charge on any atom is 0.227 e. The lowest BCUT2D eigenvalue weighted by Crippen LogP contribution is -2.29. The van der Waals surface area contributed by atoms with E-state index >= 15 is 0 Å².